The maximum atomic E-state index is 9.52. The van der Waals surface area contributed by atoms with Gasteiger partial charge in [-0.3, -0.25) is 4.98 Å². The molecule has 0 radical (unpaired) electrons. The van der Waals surface area contributed by atoms with Crippen LogP contribution in [0.25, 0.3) is 0 Å². The summed E-state index contributed by atoms with van der Waals surface area (Å²) in [4.78, 5) is 9.24. The fourth-order valence-electron chi connectivity index (χ4n) is 2.75. The number of rotatable bonds is 3. The number of hydrogen-bond donors (Lipinski definition) is 1. The number of aliphatic hydroxyl groups is 1. The maximum Gasteiger partial charge on any atom is 0.0931 e. The molecular weight excluding hydrogens is 238 g/mol. The Balaban J connectivity index is 2.17. The van der Waals surface area contributed by atoms with Crippen molar-refractivity contribution in [2.45, 2.75) is 38.8 Å². The van der Waals surface area contributed by atoms with Gasteiger partial charge in [0, 0.05) is 19.1 Å². The van der Waals surface area contributed by atoms with Crippen molar-refractivity contribution >= 4 is 5.69 Å². The molecule has 2 heterocycles. The minimum absolute atomic E-state index is 0.494. The summed E-state index contributed by atoms with van der Waals surface area (Å²) in [5.74, 6) is 0. The quantitative estimate of drug-likeness (QED) is 0.906. The lowest BCUT2D eigenvalue weighted by Gasteiger charge is -2.32. The first-order chi connectivity index (χ1) is 9.11. The third-order valence-corrected chi connectivity index (χ3v) is 3.90. The van der Waals surface area contributed by atoms with E-state index in [4.69, 9.17) is 0 Å². The second kappa shape index (κ2) is 6.35. The summed E-state index contributed by atoms with van der Waals surface area (Å²) in [6, 6.07) is 4.57. The Morgan fingerprint density at radius 3 is 2.79 bits per heavy atom. The standard InChI is InChI=1S/C15H25N3O/c1-4-13-11-17(3)8-5-9-18(13)14-6-7-15(12(2)19)16-10-14/h6-7,10,12-13,19H,4-5,8-9,11H2,1-3H3/t12-,13?/m1/s1. The van der Waals surface area contributed by atoms with Gasteiger partial charge < -0.3 is 14.9 Å². The van der Waals surface area contributed by atoms with E-state index in [2.05, 4.69) is 34.8 Å². The van der Waals surface area contributed by atoms with Crippen LogP contribution in [-0.2, 0) is 0 Å². The summed E-state index contributed by atoms with van der Waals surface area (Å²) in [7, 11) is 2.20. The monoisotopic (exact) mass is 263 g/mol. The Morgan fingerprint density at radius 2 is 2.21 bits per heavy atom. The summed E-state index contributed by atoms with van der Waals surface area (Å²) >= 11 is 0. The first-order valence-corrected chi connectivity index (χ1v) is 7.21. The second-order valence-electron chi connectivity index (χ2n) is 5.49. The van der Waals surface area contributed by atoms with Crippen molar-refractivity contribution in [3.05, 3.63) is 24.0 Å². The van der Waals surface area contributed by atoms with E-state index in [9.17, 15) is 5.11 Å². The molecule has 4 heteroatoms. The molecule has 1 saturated heterocycles. The topological polar surface area (TPSA) is 39.6 Å². The molecule has 1 unspecified atom stereocenters. The molecule has 2 rings (SSSR count). The summed E-state index contributed by atoms with van der Waals surface area (Å²) in [5, 5.41) is 9.52. The number of aromatic nitrogens is 1. The Morgan fingerprint density at radius 1 is 1.42 bits per heavy atom. The minimum atomic E-state index is -0.494. The SMILES string of the molecule is CCC1CN(C)CCCN1c1ccc([C@@H](C)O)nc1. The average Bonchev–Trinajstić information content (AvgIpc) is 2.60. The highest BCUT2D eigenvalue weighted by atomic mass is 16.3. The molecule has 0 aromatic carbocycles. The largest absolute Gasteiger partial charge is 0.387 e. The molecule has 1 aromatic rings. The van der Waals surface area contributed by atoms with Gasteiger partial charge in [0.1, 0.15) is 0 Å². The van der Waals surface area contributed by atoms with E-state index in [0.29, 0.717) is 6.04 Å². The smallest absolute Gasteiger partial charge is 0.0931 e. The zero-order chi connectivity index (χ0) is 13.8. The summed E-state index contributed by atoms with van der Waals surface area (Å²) in [5.41, 5.74) is 1.91. The molecule has 106 valence electrons. The minimum Gasteiger partial charge on any atom is -0.387 e. The van der Waals surface area contributed by atoms with Gasteiger partial charge in [0.15, 0.2) is 0 Å². The molecule has 4 nitrogen and oxygen atoms in total. The van der Waals surface area contributed by atoms with Crippen LogP contribution in [0.2, 0.25) is 0 Å². The van der Waals surface area contributed by atoms with Crippen LogP contribution in [0.5, 0.6) is 0 Å². The van der Waals surface area contributed by atoms with E-state index in [0.717, 1.165) is 31.7 Å². The zero-order valence-corrected chi connectivity index (χ0v) is 12.2. The lowest BCUT2D eigenvalue weighted by molar-refractivity contribution is 0.194. The van der Waals surface area contributed by atoms with E-state index in [1.807, 2.05) is 12.3 Å². The van der Waals surface area contributed by atoms with Gasteiger partial charge in [-0.15, -0.1) is 0 Å². The molecule has 0 amide bonds. The predicted octanol–water partition coefficient (Wildman–Crippen LogP) is 2.06. The van der Waals surface area contributed by atoms with Crippen molar-refractivity contribution in [1.82, 2.24) is 9.88 Å². The fourth-order valence-corrected chi connectivity index (χ4v) is 2.75. The Labute approximate surface area is 116 Å². The Hall–Kier alpha value is -1.13. The number of hydrogen-bond acceptors (Lipinski definition) is 4. The van der Waals surface area contributed by atoms with Gasteiger partial charge in [-0.2, -0.15) is 0 Å². The van der Waals surface area contributed by atoms with Crippen molar-refractivity contribution in [2.24, 2.45) is 0 Å². The summed E-state index contributed by atoms with van der Waals surface area (Å²) in [6.45, 7) is 7.34. The van der Waals surface area contributed by atoms with Crippen molar-refractivity contribution in [3.63, 3.8) is 0 Å². The molecule has 1 fully saturated rings. The lowest BCUT2D eigenvalue weighted by Crippen LogP contribution is -2.39. The molecule has 1 aliphatic rings. The predicted molar refractivity (Wildman–Crippen MR) is 78.4 cm³/mol. The van der Waals surface area contributed by atoms with Gasteiger partial charge in [0.2, 0.25) is 0 Å². The van der Waals surface area contributed by atoms with E-state index in [1.165, 1.54) is 12.1 Å². The van der Waals surface area contributed by atoms with Gasteiger partial charge in [-0.25, -0.2) is 0 Å². The highest BCUT2D eigenvalue weighted by molar-refractivity contribution is 5.46. The van der Waals surface area contributed by atoms with Crippen LogP contribution < -0.4 is 4.90 Å². The zero-order valence-electron chi connectivity index (χ0n) is 12.2. The van der Waals surface area contributed by atoms with Crippen LogP contribution in [0, 0.1) is 0 Å². The number of nitrogens with zero attached hydrogens (tertiary/aromatic N) is 3. The molecule has 2 atom stereocenters. The maximum absolute atomic E-state index is 9.52. The van der Waals surface area contributed by atoms with E-state index in [-0.39, 0.29) is 0 Å². The van der Waals surface area contributed by atoms with Gasteiger partial charge in [0.05, 0.1) is 23.7 Å². The highest BCUT2D eigenvalue weighted by Gasteiger charge is 2.22. The molecule has 1 N–H and O–H groups in total. The number of aliphatic hydroxyl groups excluding tert-OH is 1. The Bertz CT molecular complexity index is 391. The molecule has 0 spiro atoms. The molecule has 1 aromatic heterocycles. The van der Waals surface area contributed by atoms with Crippen LogP contribution >= 0.6 is 0 Å². The first-order valence-electron chi connectivity index (χ1n) is 7.21. The number of pyridine rings is 1. The number of anilines is 1. The Kier molecular flexibility index (Phi) is 4.77. The molecule has 0 bridgehead atoms. The van der Waals surface area contributed by atoms with Gasteiger partial charge in [-0.1, -0.05) is 6.92 Å². The third kappa shape index (κ3) is 3.45. The second-order valence-corrected chi connectivity index (χ2v) is 5.49. The van der Waals surface area contributed by atoms with Crippen LogP contribution in [0.15, 0.2) is 18.3 Å². The first kappa shape index (κ1) is 14.3. The molecular formula is C15H25N3O. The van der Waals surface area contributed by atoms with Crippen LogP contribution in [0.3, 0.4) is 0 Å². The van der Waals surface area contributed by atoms with Crippen molar-refractivity contribution in [1.29, 1.82) is 0 Å². The van der Waals surface area contributed by atoms with Gasteiger partial charge >= 0.3 is 0 Å². The van der Waals surface area contributed by atoms with Crippen LogP contribution in [0.4, 0.5) is 5.69 Å². The summed E-state index contributed by atoms with van der Waals surface area (Å²) < 4.78 is 0. The molecule has 1 aliphatic heterocycles. The lowest BCUT2D eigenvalue weighted by atomic mass is 10.1. The van der Waals surface area contributed by atoms with E-state index < -0.39 is 6.10 Å². The fraction of sp³-hybridized carbons (Fsp3) is 0.667. The van der Waals surface area contributed by atoms with Crippen molar-refractivity contribution in [2.75, 3.05) is 31.6 Å². The molecule has 0 saturated carbocycles. The molecule has 19 heavy (non-hydrogen) atoms. The van der Waals surface area contributed by atoms with E-state index >= 15 is 0 Å². The number of likely N-dealkylation sites (N-methyl/N-ethyl adjacent to an activating group) is 1. The van der Waals surface area contributed by atoms with Gasteiger partial charge in [0.25, 0.3) is 0 Å². The average molecular weight is 263 g/mol. The van der Waals surface area contributed by atoms with Crippen LogP contribution in [0.1, 0.15) is 38.5 Å². The summed E-state index contributed by atoms with van der Waals surface area (Å²) in [6.07, 6.45) is 3.73. The van der Waals surface area contributed by atoms with Gasteiger partial charge in [-0.05, 0) is 45.5 Å². The third-order valence-electron chi connectivity index (χ3n) is 3.90. The highest BCUT2D eigenvalue weighted by Crippen LogP contribution is 2.22. The van der Waals surface area contributed by atoms with Crippen molar-refractivity contribution < 1.29 is 5.11 Å². The normalized spacial score (nSPS) is 23.2. The van der Waals surface area contributed by atoms with E-state index in [1.54, 1.807) is 6.92 Å². The van der Waals surface area contributed by atoms with Crippen LogP contribution in [-0.4, -0.2) is 47.7 Å². The van der Waals surface area contributed by atoms with Crippen molar-refractivity contribution in [3.8, 4) is 0 Å². The molecule has 0 aliphatic carbocycles.